The monoisotopic (exact) mass is 456 g/mol. The van der Waals surface area contributed by atoms with Gasteiger partial charge in [-0.25, -0.2) is 19.9 Å². The highest BCUT2D eigenvalue weighted by Crippen LogP contribution is 2.09. The van der Waals surface area contributed by atoms with Gasteiger partial charge < -0.3 is 11.1 Å². The molecule has 0 aliphatic rings. The van der Waals surface area contributed by atoms with E-state index >= 15 is 0 Å². The van der Waals surface area contributed by atoms with Crippen LogP contribution in [0.1, 0.15) is 0 Å². The molecule has 0 aliphatic carbocycles. The Hall–Kier alpha value is -3.09. The van der Waals surface area contributed by atoms with E-state index in [1.54, 1.807) is 27.7 Å². The molecule has 0 bridgehead atoms. The second-order valence-corrected chi connectivity index (χ2v) is 6.03. The molecule has 15 heteroatoms. The molecule has 4 heterocycles. The first kappa shape index (κ1) is 22.2. The van der Waals surface area contributed by atoms with Gasteiger partial charge >= 0.3 is 0 Å². The molecule has 4 rings (SSSR count). The summed E-state index contributed by atoms with van der Waals surface area (Å²) in [7, 11) is 3.65. The van der Waals surface area contributed by atoms with Crippen molar-refractivity contribution in [3.63, 3.8) is 0 Å². The van der Waals surface area contributed by atoms with E-state index in [9.17, 15) is 0 Å². The second kappa shape index (κ2) is 11.0. The highest BCUT2D eigenvalue weighted by atomic mass is 35.5. The van der Waals surface area contributed by atoms with Crippen molar-refractivity contribution < 1.29 is 0 Å². The van der Waals surface area contributed by atoms with Gasteiger partial charge in [0.2, 0.25) is 21.8 Å². The van der Waals surface area contributed by atoms with Crippen LogP contribution in [0.25, 0.3) is 0 Å². The molecule has 0 saturated heterocycles. The van der Waals surface area contributed by atoms with Gasteiger partial charge in [-0.15, -0.1) is 0 Å². The van der Waals surface area contributed by atoms with Gasteiger partial charge in [-0.05, 0) is 40.9 Å². The van der Waals surface area contributed by atoms with Crippen LogP contribution in [0, 0.1) is 0 Å². The molecule has 0 saturated carbocycles. The van der Waals surface area contributed by atoms with E-state index in [4.69, 9.17) is 40.5 Å². The summed E-state index contributed by atoms with van der Waals surface area (Å²) in [5.74, 6) is 1.61. The summed E-state index contributed by atoms with van der Waals surface area (Å²) < 4.78 is 3.33. The van der Waals surface area contributed by atoms with Crippen molar-refractivity contribution in [3.05, 3.63) is 53.0 Å². The summed E-state index contributed by atoms with van der Waals surface area (Å²) in [5, 5.41) is 11.2. The molecule has 0 unspecified atom stereocenters. The number of hydrogen-bond donors (Lipinski definition) is 2. The third-order valence-corrected chi connectivity index (χ3v) is 3.29. The number of nitrogens with two attached hydrogens (primary N) is 1. The summed E-state index contributed by atoms with van der Waals surface area (Å²) >= 11 is 16.2. The first-order chi connectivity index (χ1) is 13.8. The minimum atomic E-state index is 0.116. The lowest BCUT2D eigenvalue weighted by Gasteiger charge is -1.98. The molecule has 0 amide bonds. The van der Waals surface area contributed by atoms with Gasteiger partial charge in [0.25, 0.3) is 0 Å². The van der Waals surface area contributed by atoms with Gasteiger partial charge in [0.1, 0.15) is 18.5 Å². The number of anilines is 3. The molecule has 29 heavy (non-hydrogen) atoms. The minimum absolute atomic E-state index is 0.116. The van der Waals surface area contributed by atoms with Crippen LogP contribution in [-0.4, -0.2) is 49.5 Å². The number of hydrogen-bond acceptors (Lipinski definition) is 10. The highest BCUT2D eigenvalue weighted by Gasteiger charge is 2.00. The largest absolute Gasteiger partial charge is 0.382 e. The van der Waals surface area contributed by atoms with E-state index in [-0.39, 0.29) is 15.9 Å². The fraction of sp³-hybridized carbons (Fsp3) is 0.143. The van der Waals surface area contributed by atoms with Crippen LogP contribution < -0.4 is 11.1 Å². The zero-order chi connectivity index (χ0) is 21.2. The quantitative estimate of drug-likeness (QED) is 0.458. The first-order valence-electron chi connectivity index (χ1n) is 7.68. The summed E-state index contributed by atoms with van der Waals surface area (Å²) in [6.07, 6.45) is 6.19. The molecule has 0 atom stereocenters. The Morgan fingerprint density at radius 3 is 1.72 bits per heavy atom. The average molecular weight is 458 g/mol. The molecule has 0 radical (unpaired) electrons. The topological polar surface area (TPSA) is 151 Å². The fourth-order valence-electron chi connectivity index (χ4n) is 1.62. The van der Waals surface area contributed by atoms with Crippen molar-refractivity contribution in [2.24, 2.45) is 14.1 Å². The number of nitrogens with zero attached hydrogens (tertiary/aromatic N) is 10. The number of halogens is 3. The van der Waals surface area contributed by atoms with Gasteiger partial charge in [0, 0.05) is 32.6 Å². The summed E-state index contributed by atoms with van der Waals surface area (Å²) in [4.78, 5) is 21.9. The molecule has 0 fully saturated rings. The van der Waals surface area contributed by atoms with Crippen molar-refractivity contribution in [3.8, 4) is 0 Å². The number of rotatable bonds is 2. The van der Waals surface area contributed by atoms with E-state index in [1.165, 1.54) is 12.7 Å². The predicted molar refractivity (Wildman–Crippen MR) is 109 cm³/mol. The maximum absolute atomic E-state index is 5.59. The first-order valence-corrected chi connectivity index (χ1v) is 8.81. The summed E-state index contributed by atoms with van der Waals surface area (Å²) in [5.41, 5.74) is 5.25. The Morgan fingerprint density at radius 1 is 0.793 bits per heavy atom. The smallest absolute Gasteiger partial charge is 0.232 e. The Bertz CT molecular complexity index is 1000. The van der Waals surface area contributed by atoms with Gasteiger partial charge in [0.15, 0.2) is 5.82 Å². The maximum atomic E-state index is 5.59. The Morgan fingerprint density at radius 2 is 1.34 bits per heavy atom. The third-order valence-electron chi connectivity index (χ3n) is 2.74. The van der Waals surface area contributed by atoms with Crippen LogP contribution in [0.4, 0.5) is 17.6 Å². The number of nitrogens with one attached hydrogen (secondary N) is 1. The van der Waals surface area contributed by atoms with Crippen LogP contribution >= 0.6 is 34.8 Å². The molecule has 4 aromatic heterocycles. The fourth-order valence-corrected chi connectivity index (χ4v) is 2.04. The van der Waals surface area contributed by atoms with Crippen molar-refractivity contribution in [2.45, 2.75) is 0 Å². The predicted octanol–water partition coefficient (Wildman–Crippen LogP) is 2.18. The molecule has 0 aliphatic heterocycles. The second-order valence-electron chi connectivity index (χ2n) is 5.02. The number of aryl methyl sites for hydroxylation is 2. The van der Waals surface area contributed by atoms with E-state index in [1.807, 2.05) is 20.3 Å². The summed E-state index contributed by atoms with van der Waals surface area (Å²) in [6, 6.07) is 3.55. The third kappa shape index (κ3) is 8.64. The lowest BCUT2D eigenvalue weighted by Crippen LogP contribution is -1.99. The van der Waals surface area contributed by atoms with Crippen molar-refractivity contribution in [1.82, 2.24) is 49.5 Å². The molecular weight excluding hydrogens is 443 g/mol. The van der Waals surface area contributed by atoms with E-state index in [2.05, 4.69) is 45.4 Å². The van der Waals surface area contributed by atoms with E-state index in [0.717, 1.165) is 0 Å². The molecule has 4 aromatic rings. The lowest BCUT2D eigenvalue weighted by atomic mass is 10.6. The zero-order valence-corrected chi connectivity index (χ0v) is 17.4. The standard InChI is InChI=1S/C7H7ClN6.C4H7N3.C3HCl2N3/c1-14-3-2-5(13-14)11-7-10-4-9-6(8)12-7;1-7-3-2-4(5)6-7;4-2-6-1-7-3(5)8-2/h2-4H,1H3,(H,9,10,11,12,13);2-3H,1H3,(H2,5,6);1H. The average Bonchev–Trinajstić information content (AvgIpc) is 3.23. The number of aromatic nitrogens is 10. The maximum Gasteiger partial charge on any atom is 0.232 e. The SMILES string of the molecule is Clc1ncnc(Cl)n1.Cn1ccc(N)n1.Cn1ccc(Nc2ncnc(Cl)n2)n1. The van der Waals surface area contributed by atoms with Crippen LogP contribution in [0.5, 0.6) is 0 Å². The molecular formula is C14H15Cl3N12. The Kier molecular flexibility index (Phi) is 8.45. The van der Waals surface area contributed by atoms with Crippen molar-refractivity contribution in [1.29, 1.82) is 0 Å². The molecule has 3 N–H and O–H groups in total. The van der Waals surface area contributed by atoms with Gasteiger partial charge in [0.05, 0.1) is 0 Å². The lowest BCUT2D eigenvalue weighted by molar-refractivity contribution is 0.770. The zero-order valence-electron chi connectivity index (χ0n) is 15.1. The Labute approximate surface area is 180 Å². The molecule has 0 spiro atoms. The van der Waals surface area contributed by atoms with Crippen LogP contribution in [0.3, 0.4) is 0 Å². The van der Waals surface area contributed by atoms with Crippen LogP contribution in [-0.2, 0) is 14.1 Å². The molecule has 152 valence electrons. The summed E-state index contributed by atoms with van der Waals surface area (Å²) in [6.45, 7) is 0. The number of nitrogen functional groups attached to an aromatic ring is 1. The van der Waals surface area contributed by atoms with Crippen molar-refractivity contribution >= 4 is 52.4 Å². The van der Waals surface area contributed by atoms with Crippen LogP contribution in [0.2, 0.25) is 15.9 Å². The normalized spacial score (nSPS) is 9.69. The van der Waals surface area contributed by atoms with E-state index < -0.39 is 0 Å². The van der Waals surface area contributed by atoms with Crippen LogP contribution in [0.15, 0.2) is 37.2 Å². The van der Waals surface area contributed by atoms with Crippen molar-refractivity contribution in [2.75, 3.05) is 11.1 Å². The van der Waals surface area contributed by atoms with E-state index in [0.29, 0.717) is 17.6 Å². The highest BCUT2D eigenvalue weighted by molar-refractivity contribution is 6.30. The van der Waals surface area contributed by atoms with Gasteiger partial charge in [-0.1, -0.05) is 0 Å². The molecule has 0 aromatic carbocycles. The Balaban J connectivity index is 0.000000170. The minimum Gasteiger partial charge on any atom is -0.382 e. The van der Waals surface area contributed by atoms with Gasteiger partial charge in [-0.3, -0.25) is 9.36 Å². The van der Waals surface area contributed by atoms with Gasteiger partial charge in [-0.2, -0.15) is 20.2 Å². The molecule has 12 nitrogen and oxygen atoms in total.